The molecule has 0 unspecified atom stereocenters. The molecule has 1 amide bonds. The van der Waals surface area contributed by atoms with Crippen molar-refractivity contribution < 1.29 is 23.4 Å². The van der Waals surface area contributed by atoms with Crippen molar-refractivity contribution in [3.8, 4) is 17.6 Å². The fourth-order valence-corrected chi connectivity index (χ4v) is 3.36. The molecular formula is C23H24FNO4. The number of hydrogen-bond donors (Lipinski definition) is 1. The van der Waals surface area contributed by atoms with E-state index >= 15 is 0 Å². The van der Waals surface area contributed by atoms with Crippen LogP contribution >= 0.6 is 0 Å². The van der Waals surface area contributed by atoms with Gasteiger partial charge in [-0.05, 0) is 35.9 Å². The lowest BCUT2D eigenvalue weighted by molar-refractivity contribution is -0.114. The molecule has 0 aliphatic carbocycles. The van der Waals surface area contributed by atoms with E-state index in [2.05, 4.69) is 17.2 Å². The summed E-state index contributed by atoms with van der Waals surface area (Å²) in [6, 6.07) is 11.9. The van der Waals surface area contributed by atoms with Gasteiger partial charge in [0.15, 0.2) is 0 Å². The molecule has 1 saturated heterocycles. The standard InChI is InChI=1S/C23H24FNO4/c1-17(26)25-21-7-3-5-18(13-21)6-4-10-29-22-15-19(14-20(24)16-22)23(27-2)8-11-28-12-9-23/h3,5,7,13-16H,8-12H2,1-2H3,(H,25,26). The zero-order valence-corrected chi connectivity index (χ0v) is 16.6. The monoisotopic (exact) mass is 397 g/mol. The van der Waals surface area contributed by atoms with Crippen LogP contribution in [-0.2, 0) is 19.9 Å². The van der Waals surface area contributed by atoms with E-state index < -0.39 is 5.60 Å². The molecule has 0 radical (unpaired) electrons. The van der Waals surface area contributed by atoms with Crippen LogP contribution in [0.1, 0.15) is 30.9 Å². The molecule has 5 nitrogen and oxygen atoms in total. The van der Waals surface area contributed by atoms with Gasteiger partial charge < -0.3 is 19.5 Å². The molecule has 1 heterocycles. The SMILES string of the molecule is COC1(c2cc(F)cc(OCC#Cc3cccc(NC(C)=O)c3)c2)CCOCC1. The van der Waals surface area contributed by atoms with Crippen LogP contribution in [0.4, 0.5) is 10.1 Å². The molecule has 6 heteroatoms. The number of ether oxygens (including phenoxy) is 3. The van der Waals surface area contributed by atoms with Crippen LogP contribution in [0.3, 0.4) is 0 Å². The number of benzene rings is 2. The zero-order valence-electron chi connectivity index (χ0n) is 16.6. The largest absolute Gasteiger partial charge is 0.481 e. The number of amides is 1. The van der Waals surface area contributed by atoms with Crippen LogP contribution in [-0.4, -0.2) is 32.8 Å². The van der Waals surface area contributed by atoms with Crippen LogP contribution in [0.25, 0.3) is 0 Å². The van der Waals surface area contributed by atoms with Crippen molar-refractivity contribution in [2.24, 2.45) is 0 Å². The smallest absolute Gasteiger partial charge is 0.221 e. The summed E-state index contributed by atoms with van der Waals surface area (Å²) < 4.78 is 31.0. The van der Waals surface area contributed by atoms with E-state index in [0.29, 0.717) is 37.5 Å². The highest BCUT2D eigenvalue weighted by Crippen LogP contribution is 2.37. The minimum Gasteiger partial charge on any atom is -0.481 e. The van der Waals surface area contributed by atoms with Crippen molar-refractivity contribution in [2.75, 3.05) is 32.2 Å². The Labute approximate surface area is 170 Å². The number of methoxy groups -OCH3 is 1. The Kier molecular flexibility index (Phi) is 6.86. The Balaban J connectivity index is 1.68. The minimum atomic E-state index is -0.561. The molecule has 1 fully saturated rings. The number of rotatable bonds is 5. The van der Waals surface area contributed by atoms with Gasteiger partial charge in [0.1, 0.15) is 18.2 Å². The maximum Gasteiger partial charge on any atom is 0.221 e. The maximum atomic E-state index is 14.2. The third-order valence-corrected chi connectivity index (χ3v) is 4.82. The van der Waals surface area contributed by atoms with Gasteiger partial charge in [-0.3, -0.25) is 4.79 Å². The lowest BCUT2D eigenvalue weighted by Crippen LogP contribution is -2.35. The van der Waals surface area contributed by atoms with Crippen LogP contribution in [0.5, 0.6) is 5.75 Å². The van der Waals surface area contributed by atoms with Gasteiger partial charge in [0.2, 0.25) is 5.91 Å². The van der Waals surface area contributed by atoms with Gasteiger partial charge in [0.05, 0.1) is 5.60 Å². The Morgan fingerprint density at radius 1 is 1.24 bits per heavy atom. The molecule has 1 aliphatic heterocycles. The summed E-state index contributed by atoms with van der Waals surface area (Å²) in [4.78, 5) is 11.1. The van der Waals surface area contributed by atoms with E-state index in [4.69, 9.17) is 14.2 Å². The zero-order chi connectivity index (χ0) is 20.7. The van der Waals surface area contributed by atoms with Gasteiger partial charge in [-0.25, -0.2) is 4.39 Å². The molecule has 29 heavy (non-hydrogen) atoms. The first-order chi connectivity index (χ1) is 14.0. The normalized spacial score (nSPS) is 15.1. The fraction of sp³-hybridized carbons (Fsp3) is 0.348. The van der Waals surface area contributed by atoms with Crippen molar-refractivity contribution in [3.05, 3.63) is 59.4 Å². The predicted molar refractivity (Wildman–Crippen MR) is 108 cm³/mol. The van der Waals surface area contributed by atoms with E-state index in [1.54, 1.807) is 25.3 Å². The summed E-state index contributed by atoms with van der Waals surface area (Å²) in [7, 11) is 1.64. The van der Waals surface area contributed by atoms with Gasteiger partial charge in [-0.2, -0.15) is 0 Å². The molecule has 2 aromatic rings. The molecule has 0 saturated carbocycles. The first kappa shape index (κ1) is 20.8. The highest BCUT2D eigenvalue weighted by Gasteiger charge is 2.35. The van der Waals surface area contributed by atoms with Gasteiger partial charge in [-0.1, -0.05) is 17.9 Å². The summed E-state index contributed by atoms with van der Waals surface area (Å²) in [5.74, 6) is 5.78. The van der Waals surface area contributed by atoms with Gasteiger partial charge in [-0.15, -0.1) is 0 Å². The number of halogens is 1. The van der Waals surface area contributed by atoms with Crippen LogP contribution in [0.15, 0.2) is 42.5 Å². The predicted octanol–water partition coefficient (Wildman–Crippen LogP) is 3.87. The van der Waals surface area contributed by atoms with E-state index in [1.165, 1.54) is 19.1 Å². The Morgan fingerprint density at radius 3 is 2.76 bits per heavy atom. The molecule has 1 aliphatic rings. The average Bonchev–Trinajstić information content (AvgIpc) is 2.71. The Bertz CT molecular complexity index is 926. The molecule has 0 spiro atoms. The molecule has 1 N–H and O–H groups in total. The lowest BCUT2D eigenvalue weighted by atomic mass is 9.86. The van der Waals surface area contributed by atoms with E-state index in [9.17, 15) is 9.18 Å². The molecule has 0 aromatic heterocycles. The lowest BCUT2D eigenvalue weighted by Gasteiger charge is -2.36. The summed E-state index contributed by atoms with van der Waals surface area (Å²) >= 11 is 0. The molecule has 152 valence electrons. The molecule has 2 aromatic carbocycles. The Hall–Kier alpha value is -2.88. The number of carbonyl (C=O) groups is 1. The number of nitrogens with one attached hydrogen (secondary N) is 1. The van der Waals surface area contributed by atoms with Crippen molar-refractivity contribution in [1.82, 2.24) is 0 Å². The second-order valence-electron chi connectivity index (χ2n) is 6.84. The molecule has 0 atom stereocenters. The summed E-state index contributed by atoms with van der Waals surface area (Å²) in [5, 5.41) is 2.71. The number of hydrogen-bond acceptors (Lipinski definition) is 4. The third-order valence-electron chi connectivity index (χ3n) is 4.82. The molecule has 0 bridgehead atoms. The van der Waals surface area contributed by atoms with Crippen molar-refractivity contribution in [3.63, 3.8) is 0 Å². The van der Waals surface area contributed by atoms with Crippen molar-refractivity contribution in [2.45, 2.75) is 25.4 Å². The third kappa shape index (κ3) is 5.57. The van der Waals surface area contributed by atoms with Crippen LogP contribution < -0.4 is 10.1 Å². The van der Waals surface area contributed by atoms with E-state index in [-0.39, 0.29) is 18.3 Å². The summed E-state index contributed by atoms with van der Waals surface area (Å²) in [5.41, 5.74) is 1.62. The maximum absolute atomic E-state index is 14.2. The number of anilines is 1. The van der Waals surface area contributed by atoms with Crippen molar-refractivity contribution >= 4 is 11.6 Å². The van der Waals surface area contributed by atoms with Gasteiger partial charge in [0.25, 0.3) is 0 Å². The first-order valence-corrected chi connectivity index (χ1v) is 9.44. The van der Waals surface area contributed by atoms with Crippen LogP contribution in [0, 0.1) is 17.7 Å². The second kappa shape index (κ2) is 9.55. The topological polar surface area (TPSA) is 56.8 Å². The number of carbonyl (C=O) groups excluding carboxylic acids is 1. The molecule has 3 rings (SSSR count). The average molecular weight is 397 g/mol. The second-order valence-corrected chi connectivity index (χ2v) is 6.84. The summed E-state index contributed by atoms with van der Waals surface area (Å²) in [6.45, 7) is 2.71. The van der Waals surface area contributed by atoms with Gasteiger partial charge >= 0.3 is 0 Å². The highest BCUT2D eigenvalue weighted by atomic mass is 19.1. The summed E-state index contributed by atoms with van der Waals surface area (Å²) in [6.07, 6.45) is 1.33. The van der Waals surface area contributed by atoms with E-state index in [0.717, 1.165) is 11.1 Å². The van der Waals surface area contributed by atoms with Crippen molar-refractivity contribution in [1.29, 1.82) is 0 Å². The molecular weight excluding hydrogens is 373 g/mol. The minimum absolute atomic E-state index is 0.107. The van der Waals surface area contributed by atoms with Crippen LogP contribution in [0.2, 0.25) is 0 Å². The van der Waals surface area contributed by atoms with Gasteiger partial charge in [0, 0.05) is 57.4 Å². The Morgan fingerprint density at radius 2 is 2.03 bits per heavy atom. The highest BCUT2D eigenvalue weighted by molar-refractivity contribution is 5.88. The fourth-order valence-electron chi connectivity index (χ4n) is 3.36. The van der Waals surface area contributed by atoms with E-state index in [1.807, 2.05) is 12.1 Å². The first-order valence-electron chi connectivity index (χ1n) is 9.44. The quantitative estimate of drug-likeness (QED) is 0.779.